The van der Waals surface area contributed by atoms with Crippen LogP contribution < -0.4 is 0 Å². The zero-order valence-corrected chi connectivity index (χ0v) is 9.77. The molecule has 0 saturated carbocycles. The van der Waals surface area contributed by atoms with Gasteiger partial charge >= 0.3 is 5.97 Å². The summed E-state index contributed by atoms with van der Waals surface area (Å²) >= 11 is 0. The molecule has 0 aliphatic carbocycles. The molecule has 0 saturated heterocycles. The predicted molar refractivity (Wildman–Crippen MR) is 62.5 cm³/mol. The Balaban J connectivity index is 0.000000280. The first kappa shape index (κ1) is 13.7. The highest BCUT2D eigenvalue weighted by atomic mass is 16.5. The van der Waals surface area contributed by atoms with Crippen LogP contribution in [0.1, 0.15) is 27.2 Å². The molecule has 0 aliphatic heterocycles. The van der Waals surface area contributed by atoms with Crippen LogP contribution in [0.5, 0.6) is 0 Å². The molecule has 15 heavy (non-hydrogen) atoms. The molecule has 1 aromatic carbocycles. The number of carbonyl (C=O) groups is 1. The third kappa shape index (κ3) is 12.7. The van der Waals surface area contributed by atoms with E-state index in [1.165, 1.54) is 6.92 Å². The third-order valence-corrected chi connectivity index (χ3v) is 1.67. The highest BCUT2D eigenvalue weighted by Crippen LogP contribution is 1.98. The van der Waals surface area contributed by atoms with Gasteiger partial charge in [0.05, 0.1) is 6.61 Å². The standard InChI is InChI=1S/C7H14O2.C6H6/c1-6(2)4-5-9-7(3)8;1-2-4-6-5-3-1/h6H,4-5H2,1-3H3;1-6H. The molecule has 1 rings (SSSR count). The zero-order chi connectivity index (χ0) is 11.5. The molecule has 0 aliphatic rings. The molecule has 2 nitrogen and oxygen atoms in total. The summed E-state index contributed by atoms with van der Waals surface area (Å²) in [5.41, 5.74) is 0. The molecular formula is C13H20O2. The van der Waals surface area contributed by atoms with E-state index < -0.39 is 0 Å². The van der Waals surface area contributed by atoms with Crippen molar-refractivity contribution in [3.05, 3.63) is 36.4 Å². The van der Waals surface area contributed by atoms with Gasteiger partial charge in [-0.3, -0.25) is 4.79 Å². The second-order valence-corrected chi connectivity index (χ2v) is 3.68. The van der Waals surface area contributed by atoms with E-state index in [9.17, 15) is 4.79 Å². The average molecular weight is 208 g/mol. The van der Waals surface area contributed by atoms with E-state index in [1.807, 2.05) is 36.4 Å². The van der Waals surface area contributed by atoms with Crippen LogP contribution in [0.3, 0.4) is 0 Å². The molecule has 84 valence electrons. The van der Waals surface area contributed by atoms with E-state index >= 15 is 0 Å². The zero-order valence-electron chi connectivity index (χ0n) is 9.77. The van der Waals surface area contributed by atoms with E-state index in [-0.39, 0.29) is 5.97 Å². The molecule has 0 fully saturated rings. The lowest BCUT2D eigenvalue weighted by Gasteiger charge is -2.02. The van der Waals surface area contributed by atoms with Gasteiger partial charge in [-0.25, -0.2) is 0 Å². The third-order valence-electron chi connectivity index (χ3n) is 1.67. The van der Waals surface area contributed by atoms with Gasteiger partial charge in [0.15, 0.2) is 0 Å². The fourth-order valence-corrected chi connectivity index (χ4v) is 0.823. The molecule has 0 N–H and O–H groups in total. The summed E-state index contributed by atoms with van der Waals surface area (Å²) in [5, 5.41) is 0. The number of carbonyl (C=O) groups excluding carboxylic acids is 1. The van der Waals surface area contributed by atoms with Crippen molar-refractivity contribution >= 4 is 5.97 Å². The van der Waals surface area contributed by atoms with Crippen molar-refractivity contribution in [2.75, 3.05) is 6.61 Å². The normalized spacial score (nSPS) is 9.07. The summed E-state index contributed by atoms with van der Waals surface area (Å²) < 4.78 is 4.71. The Morgan fingerprint density at radius 3 is 1.73 bits per heavy atom. The maximum atomic E-state index is 10.2. The lowest BCUT2D eigenvalue weighted by Crippen LogP contribution is -2.02. The molecule has 2 heteroatoms. The molecule has 0 spiro atoms. The van der Waals surface area contributed by atoms with E-state index in [4.69, 9.17) is 4.74 Å². The maximum absolute atomic E-state index is 10.2. The molecular weight excluding hydrogens is 188 g/mol. The number of benzene rings is 1. The SMILES string of the molecule is CC(=O)OCCC(C)C.c1ccccc1. The average Bonchev–Trinajstić information content (AvgIpc) is 2.20. The van der Waals surface area contributed by atoms with Gasteiger partial charge in [0.1, 0.15) is 0 Å². The van der Waals surface area contributed by atoms with Gasteiger partial charge in [-0.05, 0) is 12.3 Å². The van der Waals surface area contributed by atoms with Crippen molar-refractivity contribution in [2.24, 2.45) is 5.92 Å². The van der Waals surface area contributed by atoms with Crippen LogP contribution in [0.2, 0.25) is 0 Å². The first-order chi connectivity index (χ1) is 7.13. The van der Waals surface area contributed by atoms with Crippen LogP contribution in [-0.4, -0.2) is 12.6 Å². The van der Waals surface area contributed by atoms with E-state index in [0.29, 0.717) is 12.5 Å². The van der Waals surface area contributed by atoms with Gasteiger partial charge in [0.25, 0.3) is 0 Å². The number of hydrogen-bond acceptors (Lipinski definition) is 2. The highest BCUT2D eigenvalue weighted by molar-refractivity contribution is 5.65. The van der Waals surface area contributed by atoms with E-state index in [0.717, 1.165) is 6.42 Å². The molecule has 1 aromatic rings. The fourth-order valence-electron chi connectivity index (χ4n) is 0.823. The Kier molecular flexibility index (Phi) is 8.44. The van der Waals surface area contributed by atoms with Crippen LogP contribution in [-0.2, 0) is 9.53 Å². The maximum Gasteiger partial charge on any atom is 0.302 e. The van der Waals surface area contributed by atoms with E-state index in [1.54, 1.807) is 0 Å². The van der Waals surface area contributed by atoms with Gasteiger partial charge in [-0.15, -0.1) is 0 Å². The topological polar surface area (TPSA) is 26.3 Å². The summed E-state index contributed by atoms with van der Waals surface area (Å²) in [7, 11) is 0. The quantitative estimate of drug-likeness (QED) is 0.712. The minimum absolute atomic E-state index is 0.185. The summed E-state index contributed by atoms with van der Waals surface area (Å²) in [6.45, 7) is 6.19. The first-order valence-electron chi connectivity index (χ1n) is 5.26. The monoisotopic (exact) mass is 208 g/mol. The summed E-state index contributed by atoms with van der Waals surface area (Å²) in [6, 6.07) is 12.0. The molecule has 0 bridgehead atoms. The van der Waals surface area contributed by atoms with Gasteiger partial charge in [0, 0.05) is 6.92 Å². The Bertz CT molecular complexity index is 215. The van der Waals surface area contributed by atoms with Crippen molar-refractivity contribution in [1.82, 2.24) is 0 Å². The van der Waals surface area contributed by atoms with Gasteiger partial charge in [-0.1, -0.05) is 50.2 Å². The lowest BCUT2D eigenvalue weighted by atomic mass is 10.1. The van der Waals surface area contributed by atoms with Crippen LogP contribution in [0.4, 0.5) is 0 Å². The molecule has 0 heterocycles. The van der Waals surface area contributed by atoms with Crippen LogP contribution >= 0.6 is 0 Å². The van der Waals surface area contributed by atoms with Crippen molar-refractivity contribution in [2.45, 2.75) is 27.2 Å². The predicted octanol–water partition coefficient (Wildman–Crippen LogP) is 3.28. The van der Waals surface area contributed by atoms with Crippen LogP contribution in [0.25, 0.3) is 0 Å². The first-order valence-corrected chi connectivity index (χ1v) is 5.26. The van der Waals surface area contributed by atoms with Crippen molar-refractivity contribution in [3.8, 4) is 0 Å². The Hall–Kier alpha value is -1.31. The largest absolute Gasteiger partial charge is 0.466 e. The molecule has 0 radical (unpaired) electrons. The van der Waals surface area contributed by atoms with Crippen molar-refractivity contribution in [3.63, 3.8) is 0 Å². The highest BCUT2D eigenvalue weighted by Gasteiger charge is 1.94. The summed E-state index contributed by atoms with van der Waals surface area (Å²) in [6.07, 6.45) is 0.958. The number of ether oxygens (including phenoxy) is 1. The Morgan fingerprint density at radius 1 is 1.07 bits per heavy atom. The second kappa shape index (κ2) is 9.25. The van der Waals surface area contributed by atoms with Crippen molar-refractivity contribution in [1.29, 1.82) is 0 Å². The summed E-state index contributed by atoms with van der Waals surface area (Å²) in [4.78, 5) is 10.2. The van der Waals surface area contributed by atoms with Crippen LogP contribution in [0, 0.1) is 5.92 Å². The lowest BCUT2D eigenvalue weighted by molar-refractivity contribution is -0.141. The summed E-state index contributed by atoms with van der Waals surface area (Å²) in [5.74, 6) is 0.431. The Morgan fingerprint density at radius 2 is 1.47 bits per heavy atom. The van der Waals surface area contributed by atoms with Gasteiger partial charge in [-0.2, -0.15) is 0 Å². The Labute approximate surface area is 92.3 Å². The smallest absolute Gasteiger partial charge is 0.302 e. The van der Waals surface area contributed by atoms with Crippen molar-refractivity contribution < 1.29 is 9.53 Å². The minimum Gasteiger partial charge on any atom is -0.466 e. The number of rotatable bonds is 3. The fraction of sp³-hybridized carbons (Fsp3) is 0.462. The molecule has 0 unspecified atom stereocenters. The van der Waals surface area contributed by atoms with Crippen LogP contribution in [0.15, 0.2) is 36.4 Å². The molecule has 0 aromatic heterocycles. The molecule has 0 amide bonds. The van der Waals surface area contributed by atoms with Gasteiger partial charge in [0.2, 0.25) is 0 Å². The second-order valence-electron chi connectivity index (χ2n) is 3.68. The van der Waals surface area contributed by atoms with Gasteiger partial charge < -0.3 is 4.74 Å². The number of hydrogen-bond donors (Lipinski definition) is 0. The number of esters is 1. The minimum atomic E-state index is -0.185. The van der Waals surface area contributed by atoms with E-state index in [2.05, 4.69) is 13.8 Å². The molecule has 0 atom stereocenters.